The Kier molecular flexibility index (Phi) is 4.73. The molecule has 0 bridgehead atoms. The number of rotatable bonds is 2. The van der Waals surface area contributed by atoms with E-state index in [-0.39, 0.29) is 12.2 Å². The van der Waals surface area contributed by atoms with Gasteiger partial charge in [-0.2, -0.15) is 0 Å². The lowest BCUT2D eigenvalue weighted by atomic mass is 10.1. The highest BCUT2D eigenvalue weighted by molar-refractivity contribution is 5.93. The number of anilines is 1. The van der Waals surface area contributed by atoms with E-state index in [0.29, 0.717) is 18.1 Å². The number of hydrogen-bond acceptors (Lipinski definition) is 6. The topological polar surface area (TPSA) is 78.0 Å². The van der Waals surface area contributed by atoms with Crippen LogP contribution < -0.4 is 9.64 Å². The van der Waals surface area contributed by atoms with Crippen molar-refractivity contribution in [2.75, 3.05) is 18.1 Å². The van der Waals surface area contributed by atoms with Crippen molar-refractivity contribution in [2.24, 2.45) is 0 Å². The zero-order valence-corrected chi connectivity index (χ0v) is 15.0. The van der Waals surface area contributed by atoms with Crippen LogP contribution in [0.5, 0.6) is 5.75 Å². The van der Waals surface area contributed by atoms with Crippen LogP contribution in [0.4, 0.5) is 10.6 Å². The van der Waals surface area contributed by atoms with Crippen LogP contribution in [0.2, 0.25) is 0 Å². The van der Waals surface area contributed by atoms with Crippen molar-refractivity contribution in [1.82, 2.24) is 4.98 Å². The van der Waals surface area contributed by atoms with Gasteiger partial charge in [-0.1, -0.05) is 0 Å². The third-order valence-corrected chi connectivity index (χ3v) is 3.14. The molecule has 1 aliphatic rings. The van der Waals surface area contributed by atoms with Gasteiger partial charge in [-0.15, -0.1) is 0 Å². The summed E-state index contributed by atoms with van der Waals surface area (Å²) < 4.78 is 16.3. The Morgan fingerprint density at radius 3 is 2.62 bits per heavy atom. The zero-order chi connectivity index (χ0) is 18.1. The number of pyridine rings is 1. The zero-order valence-electron chi connectivity index (χ0n) is 15.0. The van der Waals surface area contributed by atoms with E-state index in [1.165, 1.54) is 11.1 Å². The van der Waals surface area contributed by atoms with Gasteiger partial charge in [-0.3, -0.25) is 4.90 Å². The van der Waals surface area contributed by atoms with Crippen molar-refractivity contribution >= 4 is 17.9 Å². The monoisotopic (exact) mass is 336 g/mol. The average molecular weight is 336 g/mol. The molecule has 0 aromatic carbocycles. The second kappa shape index (κ2) is 6.30. The molecular weight excluding hydrogens is 312 g/mol. The summed E-state index contributed by atoms with van der Waals surface area (Å²) in [6.07, 6.45) is 0.868. The highest BCUT2D eigenvalue weighted by Gasteiger charge is 2.38. The van der Waals surface area contributed by atoms with Gasteiger partial charge in [0.05, 0.1) is 18.7 Å². The summed E-state index contributed by atoms with van der Waals surface area (Å²) >= 11 is 0. The largest absolute Gasteiger partial charge is 0.482 e. The Labute approximate surface area is 141 Å². The van der Waals surface area contributed by atoms with Gasteiger partial charge < -0.3 is 14.2 Å². The minimum atomic E-state index is -0.640. The summed E-state index contributed by atoms with van der Waals surface area (Å²) in [7, 11) is 0. The van der Waals surface area contributed by atoms with Crippen molar-refractivity contribution in [1.29, 1.82) is 0 Å². The van der Waals surface area contributed by atoms with Crippen molar-refractivity contribution in [3.05, 3.63) is 17.8 Å². The minimum absolute atomic E-state index is 0.270. The second-order valence-corrected chi connectivity index (χ2v) is 7.19. The molecule has 1 amide bonds. The molecule has 132 valence electrons. The predicted molar refractivity (Wildman–Crippen MR) is 88.5 cm³/mol. The third-order valence-electron chi connectivity index (χ3n) is 3.14. The molecule has 2 rings (SSSR count). The van der Waals surface area contributed by atoms with Crippen LogP contribution in [-0.2, 0) is 9.47 Å². The maximum absolute atomic E-state index is 12.5. The highest BCUT2D eigenvalue weighted by atomic mass is 16.6. The van der Waals surface area contributed by atoms with Gasteiger partial charge in [0.1, 0.15) is 11.2 Å². The maximum Gasteiger partial charge on any atom is 0.416 e. The first kappa shape index (κ1) is 18.0. The Bertz CT molecular complexity index is 649. The van der Waals surface area contributed by atoms with E-state index >= 15 is 0 Å². The second-order valence-electron chi connectivity index (χ2n) is 7.19. The summed E-state index contributed by atoms with van der Waals surface area (Å²) in [6.45, 7) is 11.4. The van der Waals surface area contributed by atoms with Crippen LogP contribution in [0.25, 0.3) is 0 Å². The first-order chi connectivity index (χ1) is 11.0. The van der Waals surface area contributed by atoms with E-state index < -0.39 is 23.3 Å². The number of aromatic nitrogens is 1. The van der Waals surface area contributed by atoms with Gasteiger partial charge in [0.25, 0.3) is 0 Å². The van der Waals surface area contributed by atoms with Crippen molar-refractivity contribution in [2.45, 2.75) is 52.7 Å². The molecule has 0 saturated heterocycles. The Morgan fingerprint density at radius 2 is 2.04 bits per heavy atom. The number of carbonyl (C=O) groups is 2. The van der Waals surface area contributed by atoms with Crippen LogP contribution in [0.15, 0.2) is 12.3 Å². The average Bonchev–Trinajstić information content (AvgIpc) is 2.43. The van der Waals surface area contributed by atoms with Gasteiger partial charge in [0.2, 0.25) is 0 Å². The van der Waals surface area contributed by atoms with Crippen LogP contribution in [0, 0.1) is 0 Å². The maximum atomic E-state index is 12.5. The number of fused-ring (bicyclic) bond motifs is 1. The fraction of sp³-hybridized carbons (Fsp3) is 0.588. The molecule has 2 heterocycles. The van der Waals surface area contributed by atoms with E-state index in [1.807, 2.05) is 13.8 Å². The summed E-state index contributed by atoms with van der Waals surface area (Å²) in [5.74, 6) is 0.197. The lowest BCUT2D eigenvalue weighted by Crippen LogP contribution is -2.51. The molecule has 7 heteroatoms. The smallest absolute Gasteiger partial charge is 0.416 e. The lowest BCUT2D eigenvalue weighted by Gasteiger charge is -2.39. The van der Waals surface area contributed by atoms with Crippen molar-refractivity contribution < 1.29 is 23.8 Å². The molecule has 0 unspecified atom stereocenters. The van der Waals surface area contributed by atoms with Crippen LogP contribution in [0.3, 0.4) is 0 Å². The van der Waals surface area contributed by atoms with Crippen molar-refractivity contribution in [3.63, 3.8) is 0 Å². The normalized spacial score (nSPS) is 16.0. The minimum Gasteiger partial charge on any atom is -0.482 e. The van der Waals surface area contributed by atoms with Gasteiger partial charge in [-0.25, -0.2) is 14.6 Å². The van der Waals surface area contributed by atoms with Crippen LogP contribution in [-0.4, -0.2) is 41.4 Å². The van der Waals surface area contributed by atoms with Crippen molar-refractivity contribution in [3.8, 4) is 5.75 Å². The fourth-order valence-electron chi connectivity index (χ4n) is 2.29. The molecule has 7 nitrogen and oxygen atoms in total. The Morgan fingerprint density at radius 1 is 1.38 bits per heavy atom. The van der Waals surface area contributed by atoms with E-state index in [1.54, 1.807) is 33.8 Å². The molecule has 0 spiro atoms. The SMILES string of the molecule is CCOC(=O)c1cnc2c(c1)OC(C)(C)CN2C(=O)OC(C)(C)C. The molecule has 0 N–H and O–H groups in total. The molecule has 1 aromatic rings. The Hall–Kier alpha value is -2.31. The van der Waals surface area contributed by atoms with E-state index in [0.717, 1.165) is 0 Å². The molecule has 24 heavy (non-hydrogen) atoms. The molecule has 1 aromatic heterocycles. The van der Waals surface area contributed by atoms with Crippen LogP contribution >= 0.6 is 0 Å². The summed E-state index contributed by atoms with van der Waals surface area (Å²) in [5.41, 5.74) is -0.985. The van der Waals surface area contributed by atoms with E-state index in [9.17, 15) is 9.59 Å². The molecule has 0 aliphatic carbocycles. The number of ether oxygens (including phenoxy) is 3. The fourth-order valence-corrected chi connectivity index (χ4v) is 2.29. The number of hydrogen-bond donors (Lipinski definition) is 0. The number of nitrogens with zero attached hydrogens (tertiary/aromatic N) is 2. The van der Waals surface area contributed by atoms with E-state index in [2.05, 4.69) is 4.98 Å². The molecule has 0 saturated carbocycles. The van der Waals surface area contributed by atoms with Gasteiger partial charge in [0, 0.05) is 12.3 Å². The predicted octanol–water partition coefficient (Wildman–Crippen LogP) is 3.17. The standard InChI is InChI=1S/C17H24N2O5/c1-7-22-14(20)11-8-12-13(18-9-11)19(10-17(5,6)23-12)15(21)24-16(2,3)4/h8-9H,7,10H2,1-6H3. The summed E-state index contributed by atoms with van der Waals surface area (Å²) in [5, 5.41) is 0. The third kappa shape index (κ3) is 4.15. The lowest BCUT2D eigenvalue weighted by molar-refractivity contribution is 0.0478. The highest BCUT2D eigenvalue weighted by Crippen LogP contribution is 2.36. The first-order valence-electron chi connectivity index (χ1n) is 7.89. The van der Waals surface area contributed by atoms with Gasteiger partial charge >= 0.3 is 12.1 Å². The van der Waals surface area contributed by atoms with Gasteiger partial charge in [0.15, 0.2) is 11.6 Å². The number of esters is 1. The quantitative estimate of drug-likeness (QED) is 0.772. The first-order valence-corrected chi connectivity index (χ1v) is 7.89. The van der Waals surface area contributed by atoms with E-state index in [4.69, 9.17) is 14.2 Å². The Balaban J connectivity index is 2.38. The molecule has 0 fully saturated rings. The summed E-state index contributed by atoms with van der Waals surface area (Å²) in [6, 6.07) is 1.54. The molecule has 0 radical (unpaired) electrons. The molecule has 1 aliphatic heterocycles. The number of amides is 1. The van der Waals surface area contributed by atoms with Gasteiger partial charge in [-0.05, 0) is 41.5 Å². The number of carbonyl (C=O) groups excluding carboxylic acids is 2. The molecular formula is C17H24N2O5. The van der Waals surface area contributed by atoms with Crippen LogP contribution in [0.1, 0.15) is 51.9 Å². The summed E-state index contributed by atoms with van der Waals surface area (Å²) in [4.78, 5) is 30.0. The molecule has 0 atom stereocenters.